The number of nitrogens with zero attached hydrogens (tertiary/aromatic N) is 2. The maximum Gasteiger partial charge on any atom is 0.0149 e. The molecule has 0 saturated carbocycles. The molecule has 0 unspecified atom stereocenters. The van der Waals surface area contributed by atoms with Crippen LogP contribution in [0.15, 0.2) is 0 Å². The van der Waals surface area contributed by atoms with Gasteiger partial charge >= 0.3 is 0 Å². The van der Waals surface area contributed by atoms with Gasteiger partial charge in [0.15, 0.2) is 0 Å². The molecule has 0 spiro atoms. The normalized spacial score (nSPS) is 12.5. The van der Waals surface area contributed by atoms with Crippen LogP contribution in [0.3, 0.4) is 0 Å². The van der Waals surface area contributed by atoms with Crippen molar-refractivity contribution in [2.24, 2.45) is 0 Å². The molecule has 74 valence electrons. The van der Waals surface area contributed by atoms with Crippen LogP contribution in [0.1, 0.15) is 0 Å². The lowest BCUT2D eigenvalue weighted by molar-refractivity contribution is 0.456. The van der Waals surface area contributed by atoms with E-state index in [4.69, 9.17) is 0 Å². The van der Waals surface area contributed by atoms with E-state index in [9.17, 15) is 0 Å². The Morgan fingerprint density at radius 2 is 1.00 bits per heavy atom. The van der Waals surface area contributed by atoms with E-state index in [0.717, 1.165) is 0 Å². The van der Waals surface area contributed by atoms with Crippen molar-refractivity contribution >= 4 is 16.1 Å². The molecule has 0 radical (unpaired) electrons. The Morgan fingerprint density at radius 1 is 0.750 bits per heavy atom. The molecule has 0 aromatic heterocycles. The lowest BCUT2D eigenvalue weighted by Gasteiger charge is -2.26. The summed E-state index contributed by atoms with van der Waals surface area (Å²) in [6.45, 7) is 11.6. The van der Waals surface area contributed by atoms with E-state index in [1.807, 2.05) is 0 Å². The topological polar surface area (TPSA) is 6.48 Å². The molecular formula is C8H22N2P2. The van der Waals surface area contributed by atoms with Crippen LogP contribution < -0.4 is 0 Å². The summed E-state index contributed by atoms with van der Waals surface area (Å²) in [5.41, 5.74) is 0. The molecular weight excluding hydrogens is 186 g/mol. The quantitative estimate of drug-likeness (QED) is 0.639. The van der Waals surface area contributed by atoms with Crippen LogP contribution >= 0.6 is 16.1 Å². The van der Waals surface area contributed by atoms with Gasteiger partial charge in [-0.3, -0.25) is 9.34 Å². The van der Waals surface area contributed by atoms with E-state index in [1.54, 1.807) is 0 Å². The van der Waals surface area contributed by atoms with E-state index >= 15 is 0 Å². The largest absolute Gasteiger partial charge is 0.284 e. The SMILES string of the molecule is CN(CCN(C)P(C)C)P(C)C. The minimum Gasteiger partial charge on any atom is -0.284 e. The molecule has 0 aliphatic rings. The summed E-state index contributed by atoms with van der Waals surface area (Å²) in [7, 11) is 4.64. The first-order chi connectivity index (χ1) is 5.45. The van der Waals surface area contributed by atoms with Crippen molar-refractivity contribution in [1.29, 1.82) is 0 Å². The average molecular weight is 208 g/mol. The fraction of sp³-hybridized carbons (Fsp3) is 1.00. The number of likely N-dealkylation sites (N-methyl/N-ethyl adjacent to an activating group) is 2. The lowest BCUT2D eigenvalue weighted by atomic mass is 10.6. The Balaban J connectivity index is 3.54. The van der Waals surface area contributed by atoms with Crippen molar-refractivity contribution < 1.29 is 0 Å². The molecule has 12 heavy (non-hydrogen) atoms. The predicted octanol–water partition coefficient (Wildman–Crippen LogP) is 2.16. The van der Waals surface area contributed by atoms with E-state index < -0.39 is 0 Å². The Hall–Kier alpha value is 0.780. The summed E-state index contributed by atoms with van der Waals surface area (Å²) in [5.74, 6) is 0. The highest BCUT2D eigenvalue weighted by atomic mass is 31.1. The maximum atomic E-state index is 2.45. The Kier molecular flexibility index (Phi) is 6.67. The highest BCUT2D eigenvalue weighted by Crippen LogP contribution is 2.31. The zero-order valence-electron chi connectivity index (χ0n) is 9.20. The van der Waals surface area contributed by atoms with Crippen molar-refractivity contribution in [2.75, 3.05) is 53.8 Å². The summed E-state index contributed by atoms with van der Waals surface area (Å²) in [5, 5.41) is 0. The van der Waals surface area contributed by atoms with Crippen molar-refractivity contribution in [1.82, 2.24) is 9.34 Å². The lowest BCUT2D eigenvalue weighted by Crippen LogP contribution is -2.24. The summed E-state index contributed by atoms with van der Waals surface area (Å²) in [6, 6.07) is 0. The summed E-state index contributed by atoms with van der Waals surface area (Å²) in [4.78, 5) is 0. The molecule has 0 amide bonds. The smallest absolute Gasteiger partial charge is 0.0149 e. The molecule has 0 saturated heterocycles. The number of rotatable bonds is 5. The van der Waals surface area contributed by atoms with Crippen LogP contribution in [0.2, 0.25) is 0 Å². The first kappa shape index (κ1) is 12.8. The summed E-state index contributed by atoms with van der Waals surface area (Å²) < 4.78 is 4.90. The van der Waals surface area contributed by atoms with Gasteiger partial charge in [0.2, 0.25) is 0 Å². The Morgan fingerprint density at radius 3 is 1.17 bits per heavy atom. The van der Waals surface area contributed by atoms with Gasteiger partial charge in [-0.05, 0) is 56.9 Å². The molecule has 4 heteroatoms. The molecule has 0 N–H and O–H groups in total. The van der Waals surface area contributed by atoms with E-state index in [-0.39, 0.29) is 16.1 Å². The van der Waals surface area contributed by atoms with Gasteiger partial charge in [0.05, 0.1) is 0 Å². The van der Waals surface area contributed by atoms with Crippen LogP contribution in [-0.2, 0) is 0 Å². The van der Waals surface area contributed by atoms with Crippen LogP contribution in [-0.4, -0.2) is 63.2 Å². The van der Waals surface area contributed by atoms with Crippen LogP contribution in [0, 0.1) is 0 Å². The first-order valence-corrected chi connectivity index (χ1v) is 8.59. The minimum absolute atomic E-state index is 0.102. The molecule has 0 bridgehead atoms. The zero-order valence-corrected chi connectivity index (χ0v) is 11.0. The molecule has 0 atom stereocenters. The van der Waals surface area contributed by atoms with Gasteiger partial charge in [0.25, 0.3) is 0 Å². The highest BCUT2D eigenvalue weighted by molar-refractivity contribution is 7.53. The van der Waals surface area contributed by atoms with Crippen LogP contribution in [0.25, 0.3) is 0 Å². The fourth-order valence-electron chi connectivity index (χ4n) is 0.689. The molecule has 0 aromatic rings. The third kappa shape index (κ3) is 5.43. The number of hydrogen-bond acceptors (Lipinski definition) is 2. The van der Waals surface area contributed by atoms with E-state index in [0.29, 0.717) is 0 Å². The van der Waals surface area contributed by atoms with Gasteiger partial charge < -0.3 is 0 Å². The predicted molar refractivity (Wildman–Crippen MR) is 62.8 cm³/mol. The average Bonchev–Trinajstić information content (AvgIpc) is 1.98. The molecule has 2 nitrogen and oxygen atoms in total. The molecule has 0 aromatic carbocycles. The third-order valence-corrected chi connectivity index (χ3v) is 5.24. The van der Waals surface area contributed by atoms with Gasteiger partial charge in [0.1, 0.15) is 0 Å². The van der Waals surface area contributed by atoms with Crippen molar-refractivity contribution in [3.05, 3.63) is 0 Å². The van der Waals surface area contributed by atoms with Crippen molar-refractivity contribution in [2.45, 2.75) is 0 Å². The second-order valence-electron chi connectivity index (χ2n) is 3.46. The second kappa shape index (κ2) is 6.27. The van der Waals surface area contributed by atoms with Gasteiger partial charge in [-0.2, -0.15) is 0 Å². The standard InChI is InChI=1S/C8H22N2P2/c1-9(11(3)4)7-8-10(2)12(5)6/h7-8H2,1-6H3. The maximum absolute atomic E-state index is 2.45. The van der Waals surface area contributed by atoms with Crippen LogP contribution in [0.5, 0.6) is 0 Å². The Bertz CT molecular complexity index is 104. The Labute approximate surface area is 79.9 Å². The first-order valence-electron chi connectivity index (χ1n) is 4.22. The van der Waals surface area contributed by atoms with Crippen molar-refractivity contribution in [3.63, 3.8) is 0 Å². The molecule has 0 aliphatic heterocycles. The van der Waals surface area contributed by atoms with E-state index in [2.05, 4.69) is 50.1 Å². The van der Waals surface area contributed by atoms with Gasteiger partial charge in [-0.25, -0.2) is 0 Å². The molecule has 0 fully saturated rings. The summed E-state index contributed by atoms with van der Waals surface area (Å²) >= 11 is 0. The molecule has 0 rings (SSSR count). The van der Waals surface area contributed by atoms with Crippen LogP contribution in [0.4, 0.5) is 0 Å². The minimum atomic E-state index is 0.102. The summed E-state index contributed by atoms with van der Waals surface area (Å²) in [6.07, 6.45) is 0. The van der Waals surface area contributed by atoms with Gasteiger partial charge in [-0.15, -0.1) is 0 Å². The number of hydrogen-bond donors (Lipinski definition) is 0. The van der Waals surface area contributed by atoms with Gasteiger partial charge in [0, 0.05) is 13.1 Å². The van der Waals surface area contributed by atoms with Crippen molar-refractivity contribution in [3.8, 4) is 0 Å². The van der Waals surface area contributed by atoms with Gasteiger partial charge in [-0.1, -0.05) is 0 Å². The monoisotopic (exact) mass is 208 g/mol. The fourth-order valence-corrected chi connectivity index (χ4v) is 1.67. The molecule has 0 aliphatic carbocycles. The third-order valence-electron chi connectivity index (χ3n) is 2.11. The second-order valence-corrected chi connectivity index (χ2v) is 8.21. The zero-order chi connectivity index (χ0) is 9.72. The molecule has 0 heterocycles. The van der Waals surface area contributed by atoms with E-state index in [1.165, 1.54) is 13.1 Å². The highest BCUT2D eigenvalue weighted by Gasteiger charge is 2.06.